The van der Waals surface area contributed by atoms with Crippen molar-refractivity contribution in [2.24, 2.45) is 5.92 Å². The SMILES string of the molecule is C[C@@H]1CC[C@@H](O)[C@H](S)C1. The third kappa shape index (κ3) is 1.87. The minimum absolute atomic E-state index is 0.149. The van der Waals surface area contributed by atoms with Crippen molar-refractivity contribution in [2.75, 3.05) is 0 Å². The van der Waals surface area contributed by atoms with Crippen LogP contribution in [0, 0.1) is 5.92 Å². The van der Waals surface area contributed by atoms with Crippen LogP contribution < -0.4 is 0 Å². The molecule has 1 saturated carbocycles. The van der Waals surface area contributed by atoms with E-state index in [4.69, 9.17) is 0 Å². The number of hydrogen-bond donors (Lipinski definition) is 2. The van der Waals surface area contributed by atoms with Gasteiger partial charge < -0.3 is 5.11 Å². The van der Waals surface area contributed by atoms with Gasteiger partial charge in [0.15, 0.2) is 0 Å². The van der Waals surface area contributed by atoms with Crippen molar-refractivity contribution in [3.63, 3.8) is 0 Å². The standard InChI is InChI=1S/C7H14OS/c1-5-2-3-6(8)7(9)4-5/h5-9H,2-4H2,1H3/t5-,6-,7-/m1/s1. The largest absolute Gasteiger partial charge is 0.392 e. The molecule has 0 amide bonds. The Labute approximate surface area is 61.9 Å². The molecule has 0 spiro atoms. The fourth-order valence-electron chi connectivity index (χ4n) is 1.33. The summed E-state index contributed by atoms with van der Waals surface area (Å²) in [6.07, 6.45) is 3.03. The molecule has 0 saturated heterocycles. The van der Waals surface area contributed by atoms with E-state index in [1.807, 2.05) is 0 Å². The molecular formula is C7H14OS. The summed E-state index contributed by atoms with van der Waals surface area (Å²) < 4.78 is 0. The van der Waals surface area contributed by atoms with E-state index < -0.39 is 0 Å². The first-order valence-corrected chi connectivity index (χ1v) is 4.08. The molecule has 1 aliphatic carbocycles. The van der Waals surface area contributed by atoms with Crippen LogP contribution in [0.5, 0.6) is 0 Å². The molecule has 54 valence electrons. The fraction of sp³-hybridized carbons (Fsp3) is 1.00. The zero-order chi connectivity index (χ0) is 6.85. The highest BCUT2D eigenvalue weighted by Crippen LogP contribution is 2.27. The quantitative estimate of drug-likeness (QED) is 0.496. The number of hydrogen-bond acceptors (Lipinski definition) is 2. The summed E-state index contributed by atoms with van der Waals surface area (Å²) in [5.41, 5.74) is 0. The smallest absolute Gasteiger partial charge is 0.0656 e. The second-order valence-electron chi connectivity index (χ2n) is 3.05. The molecule has 3 atom stereocenters. The summed E-state index contributed by atoms with van der Waals surface area (Å²) in [7, 11) is 0. The molecule has 0 aromatic rings. The van der Waals surface area contributed by atoms with Gasteiger partial charge >= 0.3 is 0 Å². The molecule has 0 aromatic heterocycles. The third-order valence-electron chi connectivity index (χ3n) is 2.04. The average Bonchev–Trinajstić information content (AvgIpc) is 1.80. The molecular weight excluding hydrogens is 132 g/mol. The van der Waals surface area contributed by atoms with E-state index in [1.165, 1.54) is 0 Å². The van der Waals surface area contributed by atoms with Gasteiger partial charge in [-0.25, -0.2) is 0 Å². The van der Waals surface area contributed by atoms with E-state index in [0.29, 0.717) is 0 Å². The first-order chi connectivity index (χ1) is 4.20. The van der Waals surface area contributed by atoms with Crippen molar-refractivity contribution in [2.45, 2.75) is 37.5 Å². The first-order valence-electron chi connectivity index (χ1n) is 3.56. The Kier molecular flexibility index (Phi) is 2.42. The summed E-state index contributed by atoms with van der Waals surface area (Å²) in [6, 6.07) is 0. The van der Waals surface area contributed by atoms with Crippen LogP contribution in [-0.4, -0.2) is 16.5 Å². The predicted octanol–water partition coefficient (Wildman–Crippen LogP) is 1.47. The number of aliphatic hydroxyl groups is 1. The van der Waals surface area contributed by atoms with Crippen LogP contribution in [0.3, 0.4) is 0 Å². The molecule has 1 aliphatic rings. The molecule has 2 heteroatoms. The Hall–Kier alpha value is 0.310. The van der Waals surface area contributed by atoms with E-state index in [0.717, 1.165) is 25.2 Å². The number of aliphatic hydroxyl groups excluding tert-OH is 1. The Morgan fingerprint density at radius 3 is 2.56 bits per heavy atom. The summed E-state index contributed by atoms with van der Waals surface area (Å²) in [6.45, 7) is 2.22. The minimum Gasteiger partial charge on any atom is -0.392 e. The summed E-state index contributed by atoms with van der Waals surface area (Å²) in [5, 5.41) is 9.45. The Morgan fingerprint density at radius 1 is 1.44 bits per heavy atom. The Morgan fingerprint density at radius 2 is 2.11 bits per heavy atom. The third-order valence-corrected chi connectivity index (χ3v) is 2.60. The monoisotopic (exact) mass is 146 g/mol. The highest BCUT2D eigenvalue weighted by molar-refractivity contribution is 7.81. The number of rotatable bonds is 0. The van der Waals surface area contributed by atoms with Crippen LogP contribution in [0.4, 0.5) is 0 Å². The minimum atomic E-state index is -0.149. The van der Waals surface area contributed by atoms with Gasteiger partial charge in [0.2, 0.25) is 0 Å². The predicted molar refractivity (Wildman–Crippen MR) is 41.8 cm³/mol. The number of thiol groups is 1. The van der Waals surface area contributed by atoms with Gasteiger partial charge in [-0.2, -0.15) is 12.6 Å². The second-order valence-corrected chi connectivity index (χ2v) is 3.72. The van der Waals surface area contributed by atoms with Gasteiger partial charge in [-0.15, -0.1) is 0 Å². The first kappa shape index (κ1) is 7.42. The molecule has 0 aromatic carbocycles. The molecule has 1 rings (SSSR count). The maximum atomic E-state index is 9.22. The summed E-state index contributed by atoms with van der Waals surface area (Å²) >= 11 is 4.27. The van der Waals surface area contributed by atoms with Gasteiger partial charge in [-0.05, 0) is 25.2 Å². The highest BCUT2D eigenvalue weighted by Gasteiger charge is 2.23. The van der Waals surface area contributed by atoms with E-state index in [1.54, 1.807) is 0 Å². The lowest BCUT2D eigenvalue weighted by Crippen LogP contribution is -2.28. The van der Waals surface area contributed by atoms with Gasteiger partial charge in [-0.3, -0.25) is 0 Å². The lowest BCUT2D eigenvalue weighted by molar-refractivity contribution is 0.120. The Bertz CT molecular complexity index is 94.9. The molecule has 0 heterocycles. The molecule has 1 fully saturated rings. The average molecular weight is 146 g/mol. The van der Waals surface area contributed by atoms with Crippen molar-refractivity contribution in [1.82, 2.24) is 0 Å². The van der Waals surface area contributed by atoms with E-state index in [2.05, 4.69) is 19.6 Å². The molecule has 0 unspecified atom stereocenters. The molecule has 0 aliphatic heterocycles. The van der Waals surface area contributed by atoms with Crippen molar-refractivity contribution in [3.8, 4) is 0 Å². The van der Waals surface area contributed by atoms with Crippen LogP contribution in [0.25, 0.3) is 0 Å². The molecule has 9 heavy (non-hydrogen) atoms. The van der Waals surface area contributed by atoms with Gasteiger partial charge in [0.05, 0.1) is 6.10 Å². The maximum absolute atomic E-state index is 9.22. The molecule has 0 radical (unpaired) electrons. The fourth-order valence-corrected chi connectivity index (χ4v) is 1.84. The Balaban J connectivity index is 2.35. The zero-order valence-corrected chi connectivity index (χ0v) is 6.64. The molecule has 1 N–H and O–H groups in total. The van der Waals surface area contributed by atoms with Gasteiger partial charge in [0, 0.05) is 5.25 Å². The van der Waals surface area contributed by atoms with Crippen molar-refractivity contribution in [3.05, 3.63) is 0 Å². The second kappa shape index (κ2) is 2.93. The lowest BCUT2D eigenvalue weighted by atomic mass is 9.88. The van der Waals surface area contributed by atoms with Gasteiger partial charge in [0.1, 0.15) is 0 Å². The lowest BCUT2D eigenvalue weighted by Gasteiger charge is -2.27. The summed E-state index contributed by atoms with van der Waals surface area (Å²) in [4.78, 5) is 0. The van der Waals surface area contributed by atoms with Crippen LogP contribution in [0.1, 0.15) is 26.2 Å². The molecule has 0 bridgehead atoms. The van der Waals surface area contributed by atoms with Crippen molar-refractivity contribution in [1.29, 1.82) is 0 Å². The van der Waals surface area contributed by atoms with Crippen LogP contribution >= 0.6 is 12.6 Å². The van der Waals surface area contributed by atoms with E-state index >= 15 is 0 Å². The summed E-state index contributed by atoms with van der Waals surface area (Å²) in [5.74, 6) is 0.760. The van der Waals surface area contributed by atoms with Crippen molar-refractivity contribution < 1.29 is 5.11 Å². The van der Waals surface area contributed by atoms with E-state index in [-0.39, 0.29) is 11.4 Å². The topological polar surface area (TPSA) is 20.2 Å². The van der Waals surface area contributed by atoms with Crippen LogP contribution in [0.15, 0.2) is 0 Å². The van der Waals surface area contributed by atoms with Gasteiger partial charge in [0.25, 0.3) is 0 Å². The van der Waals surface area contributed by atoms with Crippen LogP contribution in [0.2, 0.25) is 0 Å². The highest BCUT2D eigenvalue weighted by atomic mass is 32.1. The van der Waals surface area contributed by atoms with Crippen LogP contribution in [-0.2, 0) is 0 Å². The zero-order valence-electron chi connectivity index (χ0n) is 5.75. The molecule has 1 nitrogen and oxygen atoms in total. The van der Waals surface area contributed by atoms with Gasteiger partial charge in [-0.1, -0.05) is 6.92 Å². The maximum Gasteiger partial charge on any atom is 0.0656 e. The van der Waals surface area contributed by atoms with Crippen molar-refractivity contribution >= 4 is 12.6 Å². The van der Waals surface area contributed by atoms with E-state index in [9.17, 15) is 5.11 Å². The normalized spacial score (nSPS) is 45.0.